The van der Waals surface area contributed by atoms with Crippen LogP contribution in [0.2, 0.25) is 0 Å². The van der Waals surface area contributed by atoms with Crippen LogP contribution in [0.25, 0.3) is 5.52 Å². The van der Waals surface area contributed by atoms with Crippen LogP contribution >= 0.6 is 0 Å². The van der Waals surface area contributed by atoms with E-state index in [1.807, 2.05) is 18.3 Å². The number of fused-ring (bicyclic) bond motifs is 1. The van der Waals surface area contributed by atoms with Gasteiger partial charge >= 0.3 is 0 Å². The first-order valence-electron chi connectivity index (χ1n) is 2.89. The molecule has 0 aliphatic heterocycles. The average Bonchev–Trinajstić information content (AvgIpc) is 2.42. The Labute approximate surface area is 56.4 Å². The third-order valence-corrected chi connectivity index (χ3v) is 1.40. The molecule has 2 rings (SSSR count). The molecule has 4 heteroatoms. The minimum Gasteiger partial charge on any atom is -0.275 e. The van der Waals surface area contributed by atoms with Crippen molar-refractivity contribution in [1.82, 2.24) is 9.61 Å². The number of rotatable bonds is 1. The molecule has 0 fully saturated rings. The molecule has 0 amide bonds. The summed E-state index contributed by atoms with van der Waals surface area (Å²) in [6, 6.07) is 5.47. The quantitative estimate of drug-likeness (QED) is 0.594. The molecule has 4 nitrogen and oxygen atoms in total. The number of nitrogens with one attached hydrogen (secondary N) is 1. The lowest BCUT2D eigenvalue weighted by molar-refractivity contribution is 0.973. The van der Waals surface area contributed by atoms with Crippen LogP contribution in [0.5, 0.6) is 0 Å². The molecule has 0 radical (unpaired) electrons. The summed E-state index contributed by atoms with van der Waals surface area (Å²) in [7, 11) is 0. The Morgan fingerprint density at radius 2 is 2.50 bits per heavy atom. The van der Waals surface area contributed by atoms with Crippen molar-refractivity contribution in [3.63, 3.8) is 0 Å². The zero-order chi connectivity index (χ0) is 6.97. The summed E-state index contributed by atoms with van der Waals surface area (Å²) in [5.41, 5.74) is 0.953. The van der Waals surface area contributed by atoms with Crippen molar-refractivity contribution < 1.29 is 0 Å². The van der Waals surface area contributed by atoms with Crippen molar-refractivity contribution in [3.8, 4) is 0 Å². The zero-order valence-corrected chi connectivity index (χ0v) is 5.11. The Morgan fingerprint density at radius 3 is 3.20 bits per heavy atom. The van der Waals surface area contributed by atoms with Crippen molar-refractivity contribution in [2.45, 2.75) is 0 Å². The maximum absolute atomic E-state index is 9.98. The maximum Gasteiger partial charge on any atom is 0.191 e. The van der Waals surface area contributed by atoms with Crippen LogP contribution in [0.15, 0.2) is 29.6 Å². The van der Waals surface area contributed by atoms with Crippen molar-refractivity contribution in [3.05, 3.63) is 29.3 Å². The summed E-state index contributed by atoms with van der Waals surface area (Å²) < 4.78 is 1.73. The minimum absolute atomic E-state index is 0.357. The van der Waals surface area contributed by atoms with Crippen LogP contribution in [-0.2, 0) is 0 Å². The van der Waals surface area contributed by atoms with Crippen LogP contribution in [0, 0.1) is 4.91 Å². The minimum atomic E-state index is 0.357. The van der Waals surface area contributed by atoms with Gasteiger partial charge in [0.1, 0.15) is 0 Å². The van der Waals surface area contributed by atoms with Crippen molar-refractivity contribution in [2.24, 2.45) is 5.18 Å². The van der Waals surface area contributed by atoms with Gasteiger partial charge in [0.05, 0.1) is 5.52 Å². The number of hydrogen-bond donors (Lipinski definition) is 1. The van der Waals surface area contributed by atoms with Gasteiger partial charge in [-0.3, -0.25) is 9.61 Å². The molecule has 50 valence electrons. The van der Waals surface area contributed by atoms with Crippen LogP contribution < -0.4 is 0 Å². The fraction of sp³-hybridized carbons (Fsp3) is 0. The van der Waals surface area contributed by atoms with E-state index in [1.54, 1.807) is 10.6 Å². The van der Waals surface area contributed by atoms with Crippen LogP contribution in [-0.4, -0.2) is 9.61 Å². The predicted molar refractivity (Wildman–Crippen MR) is 37.2 cm³/mol. The third-order valence-electron chi connectivity index (χ3n) is 1.40. The van der Waals surface area contributed by atoms with Gasteiger partial charge < -0.3 is 0 Å². The van der Waals surface area contributed by atoms with E-state index in [2.05, 4.69) is 10.3 Å². The summed E-state index contributed by atoms with van der Waals surface area (Å²) in [4.78, 5) is 9.98. The van der Waals surface area contributed by atoms with E-state index < -0.39 is 0 Å². The molecule has 2 aromatic rings. The molecule has 0 unspecified atom stereocenters. The van der Waals surface area contributed by atoms with E-state index in [-0.39, 0.29) is 0 Å². The normalized spacial score (nSPS) is 10.4. The van der Waals surface area contributed by atoms with E-state index in [4.69, 9.17) is 0 Å². The SMILES string of the molecule is O=Nc1cc2cccn2[nH]1. The molecule has 0 saturated carbocycles. The Balaban J connectivity index is 2.78. The third kappa shape index (κ3) is 0.556. The monoisotopic (exact) mass is 135 g/mol. The predicted octanol–water partition coefficient (Wildman–Crippen LogP) is 1.67. The average molecular weight is 135 g/mol. The summed E-state index contributed by atoms with van der Waals surface area (Å²) in [5, 5.41) is 5.52. The molecule has 0 aromatic carbocycles. The molecule has 0 atom stereocenters. The van der Waals surface area contributed by atoms with Gasteiger partial charge in [0.15, 0.2) is 5.82 Å². The summed E-state index contributed by atoms with van der Waals surface area (Å²) >= 11 is 0. The number of aromatic amines is 1. The van der Waals surface area contributed by atoms with Gasteiger partial charge in [-0.1, -0.05) is 0 Å². The number of nitroso groups, excluding NO2 is 1. The largest absolute Gasteiger partial charge is 0.275 e. The molecular formula is C6H5N3O. The first-order chi connectivity index (χ1) is 4.90. The lowest BCUT2D eigenvalue weighted by Gasteiger charge is -1.78. The second kappa shape index (κ2) is 1.70. The van der Waals surface area contributed by atoms with E-state index in [0.29, 0.717) is 5.82 Å². The first kappa shape index (κ1) is 5.22. The van der Waals surface area contributed by atoms with Gasteiger partial charge in [-0.25, -0.2) is 0 Å². The Morgan fingerprint density at radius 1 is 1.60 bits per heavy atom. The van der Waals surface area contributed by atoms with Gasteiger partial charge in [0.2, 0.25) is 0 Å². The fourth-order valence-corrected chi connectivity index (χ4v) is 0.956. The molecule has 10 heavy (non-hydrogen) atoms. The van der Waals surface area contributed by atoms with E-state index in [0.717, 1.165) is 5.52 Å². The van der Waals surface area contributed by atoms with Crippen LogP contribution in [0.1, 0.15) is 0 Å². The molecule has 0 saturated heterocycles. The Kier molecular flexibility index (Phi) is 0.887. The van der Waals surface area contributed by atoms with Gasteiger partial charge in [-0.05, 0) is 17.3 Å². The van der Waals surface area contributed by atoms with Crippen molar-refractivity contribution in [1.29, 1.82) is 0 Å². The van der Waals surface area contributed by atoms with Crippen molar-refractivity contribution in [2.75, 3.05) is 0 Å². The Hall–Kier alpha value is -1.58. The van der Waals surface area contributed by atoms with Gasteiger partial charge in [-0.15, -0.1) is 4.91 Å². The van der Waals surface area contributed by atoms with Gasteiger partial charge in [0, 0.05) is 12.3 Å². The molecule has 1 N–H and O–H groups in total. The molecule has 2 aromatic heterocycles. The lowest BCUT2D eigenvalue weighted by Crippen LogP contribution is -1.75. The maximum atomic E-state index is 9.98. The summed E-state index contributed by atoms with van der Waals surface area (Å²) in [6.45, 7) is 0. The highest BCUT2D eigenvalue weighted by atomic mass is 16.3. The van der Waals surface area contributed by atoms with Gasteiger partial charge in [0.25, 0.3) is 0 Å². The number of H-pyrrole nitrogens is 1. The zero-order valence-electron chi connectivity index (χ0n) is 5.11. The molecular weight excluding hydrogens is 130 g/mol. The second-order valence-electron chi connectivity index (χ2n) is 2.04. The fourth-order valence-electron chi connectivity index (χ4n) is 0.956. The Bertz CT molecular complexity index is 331. The topological polar surface area (TPSA) is 49.6 Å². The second-order valence-corrected chi connectivity index (χ2v) is 2.04. The molecule has 2 heterocycles. The summed E-state index contributed by atoms with van der Waals surface area (Å²) in [5.74, 6) is 0.357. The highest BCUT2D eigenvalue weighted by Crippen LogP contribution is 2.12. The highest BCUT2D eigenvalue weighted by molar-refractivity contribution is 5.53. The van der Waals surface area contributed by atoms with Crippen LogP contribution in [0.4, 0.5) is 5.82 Å². The van der Waals surface area contributed by atoms with E-state index in [9.17, 15) is 4.91 Å². The number of nitrogens with zero attached hydrogens (tertiary/aromatic N) is 2. The standard InChI is InChI=1S/C6H5N3O/c10-8-6-4-5-2-1-3-9(5)7-6/h1-4,7H. The highest BCUT2D eigenvalue weighted by Gasteiger charge is 1.96. The smallest absolute Gasteiger partial charge is 0.191 e. The molecule has 0 aliphatic carbocycles. The molecule has 0 bridgehead atoms. The van der Waals surface area contributed by atoms with Gasteiger partial charge in [-0.2, -0.15) is 0 Å². The molecule has 0 spiro atoms. The molecule has 0 aliphatic rings. The lowest BCUT2D eigenvalue weighted by atomic mass is 10.5. The van der Waals surface area contributed by atoms with E-state index in [1.165, 1.54) is 0 Å². The van der Waals surface area contributed by atoms with Crippen molar-refractivity contribution >= 4 is 11.3 Å². The number of aromatic nitrogens is 2. The number of hydrogen-bond acceptors (Lipinski definition) is 2. The van der Waals surface area contributed by atoms with E-state index >= 15 is 0 Å². The summed E-state index contributed by atoms with van der Waals surface area (Å²) in [6.07, 6.45) is 1.82. The first-order valence-corrected chi connectivity index (χ1v) is 2.89. The van der Waals surface area contributed by atoms with Crippen LogP contribution in [0.3, 0.4) is 0 Å².